The number of hydrogen-bond donors (Lipinski definition) is 0. The fourth-order valence-corrected chi connectivity index (χ4v) is 7.45. The predicted octanol–water partition coefficient (Wildman–Crippen LogP) is 14.6. The Hall–Kier alpha value is -6.96. The van der Waals surface area contributed by atoms with Crippen molar-refractivity contribution in [2.24, 2.45) is 0 Å². The second kappa shape index (κ2) is 14.3. The summed E-state index contributed by atoms with van der Waals surface area (Å²) < 4.78 is 0. The molecule has 0 saturated carbocycles. The first kappa shape index (κ1) is 32.0. The molecule has 0 aliphatic rings. The highest BCUT2D eigenvalue weighted by molar-refractivity contribution is 5.99. The average molecular weight is 676 g/mol. The fourth-order valence-electron chi connectivity index (χ4n) is 7.45. The lowest BCUT2D eigenvalue weighted by molar-refractivity contribution is 1.29. The third-order valence-electron chi connectivity index (χ3n) is 10.0. The van der Waals surface area contributed by atoms with E-state index in [0.29, 0.717) is 0 Å². The van der Waals surface area contributed by atoms with Crippen LogP contribution in [0.25, 0.3) is 66.4 Å². The summed E-state index contributed by atoms with van der Waals surface area (Å²) in [7, 11) is 0. The van der Waals surface area contributed by atoms with Crippen LogP contribution in [0.4, 0.5) is 17.1 Å². The van der Waals surface area contributed by atoms with Crippen molar-refractivity contribution in [3.05, 3.63) is 224 Å². The zero-order valence-electron chi connectivity index (χ0n) is 29.3. The Morgan fingerprint density at radius 3 is 1.25 bits per heavy atom. The average Bonchev–Trinajstić information content (AvgIpc) is 3.25. The minimum absolute atomic E-state index is 1.10. The molecule has 0 heterocycles. The van der Waals surface area contributed by atoms with Crippen LogP contribution in [-0.2, 0) is 0 Å². The fraction of sp³-hybridized carbons (Fsp3) is 0. The highest BCUT2D eigenvalue weighted by Crippen LogP contribution is 2.45. The van der Waals surface area contributed by atoms with Crippen molar-refractivity contribution in [1.29, 1.82) is 0 Å². The topological polar surface area (TPSA) is 3.24 Å². The van der Waals surface area contributed by atoms with Crippen LogP contribution >= 0.6 is 0 Å². The molecule has 0 N–H and O–H groups in total. The van der Waals surface area contributed by atoms with Crippen molar-refractivity contribution in [3.63, 3.8) is 0 Å². The molecule has 1 nitrogen and oxygen atoms in total. The molecule has 0 atom stereocenters. The second-order valence-electron chi connectivity index (χ2n) is 13.4. The molecule has 9 aromatic rings. The van der Waals surface area contributed by atoms with Gasteiger partial charge in [-0.1, -0.05) is 170 Å². The zero-order valence-corrected chi connectivity index (χ0v) is 29.3. The highest BCUT2D eigenvalue weighted by atomic mass is 15.1. The van der Waals surface area contributed by atoms with E-state index in [4.69, 9.17) is 0 Å². The van der Waals surface area contributed by atoms with Crippen LogP contribution in [-0.4, -0.2) is 0 Å². The van der Waals surface area contributed by atoms with Crippen molar-refractivity contribution in [2.75, 3.05) is 4.90 Å². The van der Waals surface area contributed by atoms with Gasteiger partial charge in [-0.25, -0.2) is 0 Å². The van der Waals surface area contributed by atoms with Crippen molar-refractivity contribution < 1.29 is 0 Å². The van der Waals surface area contributed by atoms with Crippen molar-refractivity contribution in [3.8, 4) is 55.6 Å². The monoisotopic (exact) mass is 675 g/mol. The molecule has 53 heavy (non-hydrogen) atoms. The maximum Gasteiger partial charge on any atom is 0.0468 e. The van der Waals surface area contributed by atoms with Crippen molar-refractivity contribution >= 4 is 27.8 Å². The van der Waals surface area contributed by atoms with Gasteiger partial charge in [-0.05, 0) is 121 Å². The van der Waals surface area contributed by atoms with Gasteiger partial charge >= 0.3 is 0 Å². The summed E-state index contributed by atoms with van der Waals surface area (Å²) in [6, 6.07) is 80.9. The van der Waals surface area contributed by atoms with E-state index in [9.17, 15) is 0 Å². The van der Waals surface area contributed by atoms with Gasteiger partial charge in [0.25, 0.3) is 0 Å². The standard InChI is InChI=1S/C52H37N/c1-6-17-38(18-7-1)42-29-30-44-34-49(32-31-43(44)33-42)53(47-26-14-5-15-27-47)48-28-16-25-45(35-48)52-50(40-21-10-3-11-22-40)36-46(39-19-8-2-9-20-39)37-51(52)41-23-12-4-13-24-41/h1-37H. The van der Waals surface area contributed by atoms with Crippen LogP contribution in [0, 0.1) is 0 Å². The molecular formula is C52H37N. The van der Waals surface area contributed by atoms with Crippen LogP contribution in [0.3, 0.4) is 0 Å². The molecule has 0 radical (unpaired) electrons. The molecule has 0 aromatic heterocycles. The molecule has 9 rings (SSSR count). The molecule has 0 aliphatic carbocycles. The smallest absolute Gasteiger partial charge is 0.0468 e. The minimum atomic E-state index is 1.10. The molecule has 0 saturated heterocycles. The lowest BCUT2D eigenvalue weighted by Gasteiger charge is -2.27. The van der Waals surface area contributed by atoms with Crippen LogP contribution < -0.4 is 4.90 Å². The SMILES string of the molecule is c1ccc(-c2cc(-c3ccccc3)c(-c3cccc(N(c4ccccc4)c4ccc5cc(-c6ccccc6)ccc5c4)c3)c(-c3ccccc3)c2)cc1. The normalized spacial score (nSPS) is 11.0. The van der Waals surface area contributed by atoms with Gasteiger partial charge in [-0.15, -0.1) is 0 Å². The number of hydrogen-bond acceptors (Lipinski definition) is 1. The molecule has 9 aromatic carbocycles. The van der Waals surface area contributed by atoms with E-state index in [2.05, 4.69) is 229 Å². The van der Waals surface area contributed by atoms with E-state index >= 15 is 0 Å². The number of anilines is 3. The van der Waals surface area contributed by atoms with Gasteiger partial charge in [-0.3, -0.25) is 0 Å². The zero-order chi connectivity index (χ0) is 35.4. The van der Waals surface area contributed by atoms with Crippen LogP contribution in [0.15, 0.2) is 224 Å². The summed E-state index contributed by atoms with van der Waals surface area (Å²) >= 11 is 0. The van der Waals surface area contributed by atoms with E-state index in [0.717, 1.165) is 22.6 Å². The summed E-state index contributed by atoms with van der Waals surface area (Å²) in [6.45, 7) is 0. The summed E-state index contributed by atoms with van der Waals surface area (Å²) in [5, 5.41) is 2.42. The Kier molecular flexibility index (Phi) is 8.66. The molecule has 0 aliphatic heterocycles. The van der Waals surface area contributed by atoms with E-state index in [1.165, 1.54) is 60.8 Å². The van der Waals surface area contributed by atoms with Crippen molar-refractivity contribution in [2.45, 2.75) is 0 Å². The number of rotatable bonds is 8. The van der Waals surface area contributed by atoms with Gasteiger partial charge in [0.15, 0.2) is 0 Å². The first-order valence-electron chi connectivity index (χ1n) is 18.2. The van der Waals surface area contributed by atoms with Gasteiger partial charge in [0, 0.05) is 17.1 Å². The minimum Gasteiger partial charge on any atom is -0.310 e. The Labute approximate surface area is 311 Å². The first-order valence-corrected chi connectivity index (χ1v) is 18.2. The Bertz CT molecular complexity index is 2570. The second-order valence-corrected chi connectivity index (χ2v) is 13.4. The summed E-state index contributed by atoms with van der Waals surface area (Å²) in [6.07, 6.45) is 0. The number of nitrogens with zero attached hydrogens (tertiary/aromatic N) is 1. The molecule has 0 fully saturated rings. The van der Waals surface area contributed by atoms with E-state index in [-0.39, 0.29) is 0 Å². The predicted molar refractivity (Wildman–Crippen MR) is 226 cm³/mol. The summed E-state index contributed by atoms with van der Waals surface area (Å²) in [4.78, 5) is 2.37. The van der Waals surface area contributed by atoms with Crippen LogP contribution in [0.5, 0.6) is 0 Å². The molecule has 0 unspecified atom stereocenters. The quantitative estimate of drug-likeness (QED) is 0.155. The van der Waals surface area contributed by atoms with Crippen molar-refractivity contribution in [1.82, 2.24) is 0 Å². The van der Waals surface area contributed by atoms with Gasteiger partial charge in [0.2, 0.25) is 0 Å². The number of para-hydroxylation sites is 1. The summed E-state index contributed by atoms with van der Waals surface area (Å²) in [5.41, 5.74) is 15.3. The molecule has 0 amide bonds. The first-order chi connectivity index (χ1) is 26.3. The van der Waals surface area contributed by atoms with Crippen LogP contribution in [0.1, 0.15) is 0 Å². The van der Waals surface area contributed by atoms with Gasteiger partial charge in [-0.2, -0.15) is 0 Å². The maximum absolute atomic E-state index is 2.37. The Morgan fingerprint density at radius 1 is 0.226 bits per heavy atom. The van der Waals surface area contributed by atoms with Gasteiger partial charge in [0.1, 0.15) is 0 Å². The largest absolute Gasteiger partial charge is 0.310 e. The molecule has 1 heteroatoms. The Morgan fingerprint density at radius 2 is 0.660 bits per heavy atom. The molecule has 0 spiro atoms. The molecule has 0 bridgehead atoms. The lowest BCUT2D eigenvalue weighted by atomic mass is 9.84. The van der Waals surface area contributed by atoms with Crippen LogP contribution in [0.2, 0.25) is 0 Å². The molecule has 250 valence electrons. The Balaban J connectivity index is 1.23. The third-order valence-corrected chi connectivity index (χ3v) is 10.0. The number of benzene rings is 9. The lowest BCUT2D eigenvalue weighted by Crippen LogP contribution is -2.10. The maximum atomic E-state index is 2.37. The van der Waals surface area contributed by atoms with E-state index in [1.807, 2.05) is 0 Å². The van der Waals surface area contributed by atoms with Gasteiger partial charge < -0.3 is 4.90 Å². The third kappa shape index (κ3) is 6.53. The van der Waals surface area contributed by atoms with E-state index < -0.39 is 0 Å². The molecular weight excluding hydrogens is 639 g/mol. The van der Waals surface area contributed by atoms with E-state index in [1.54, 1.807) is 0 Å². The summed E-state index contributed by atoms with van der Waals surface area (Å²) in [5.74, 6) is 0. The highest BCUT2D eigenvalue weighted by Gasteiger charge is 2.20. The number of fused-ring (bicyclic) bond motifs is 1. The van der Waals surface area contributed by atoms with Gasteiger partial charge in [0.05, 0.1) is 0 Å².